The number of nitro benzene ring substituents is 1. The molecule has 5 nitrogen and oxygen atoms in total. The minimum absolute atomic E-state index is 0.0235. The van der Waals surface area contributed by atoms with Crippen LogP contribution in [0.25, 0.3) is 0 Å². The first-order valence-electron chi connectivity index (χ1n) is 4.15. The van der Waals surface area contributed by atoms with Gasteiger partial charge in [-0.2, -0.15) is 8.42 Å². The van der Waals surface area contributed by atoms with E-state index in [4.69, 9.17) is 11.6 Å². The van der Waals surface area contributed by atoms with Gasteiger partial charge in [0.05, 0.1) is 15.7 Å². The van der Waals surface area contributed by atoms with E-state index < -0.39 is 20.9 Å². The van der Waals surface area contributed by atoms with Gasteiger partial charge < -0.3 is 0 Å². The Hall–Kier alpha value is -1.21. The summed E-state index contributed by atoms with van der Waals surface area (Å²) in [5.74, 6) is -0.822. The fourth-order valence-electron chi connectivity index (χ4n) is 1.19. The van der Waals surface area contributed by atoms with Crippen molar-refractivity contribution in [3.8, 4) is 0 Å². The zero-order chi connectivity index (χ0) is 12.3. The molecule has 0 saturated heterocycles. The molecular weight excluding hydrogens is 261 g/mol. The smallest absolute Gasteiger partial charge is 0.258 e. The summed E-state index contributed by atoms with van der Waals surface area (Å²) in [6.07, 6.45) is -0.325. The second kappa shape index (κ2) is 4.75. The van der Waals surface area contributed by atoms with Crippen molar-refractivity contribution in [2.45, 2.75) is 6.42 Å². The second-order valence-corrected chi connectivity index (χ2v) is 4.88. The molecule has 88 valence electrons. The quantitative estimate of drug-likeness (QED) is 0.475. The zero-order valence-corrected chi connectivity index (χ0v) is 9.46. The fourth-order valence-corrected chi connectivity index (χ4v) is 1.90. The monoisotopic (exact) mass is 267 g/mol. The Labute approximate surface area is 96.2 Å². The van der Waals surface area contributed by atoms with E-state index in [0.717, 1.165) is 0 Å². The number of benzene rings is 1. The van der Waals surface area contributed by atoms with Gasteiger partial charge in [-0.25, -0.2) is 0 Å². The maximum atomic E-state index is 12.3. The lowest BCUT2D eigenvalue weighted by Gasteiger charge is -2.03. The Morgan fingerprint density at radius 3 is 2.56 bits per heavy atom. The molecule has 0 N–H and O–H groups in total. The molecule has 0 atom stereocenters. The van der Waals surface area contributed by atoms with Crippen molar-refractivity contribution in [2.75, 3.05) is 5.75 Å². The van der Waals surface area contributed by atoms with Gasteiger partial charge in [-0.3, -0.25) is 10.1 Å². The number of rotatable bonds is 4. The minimum atomic E-state index is -4.66. The predicted molar refractivity (Wildman–Crippen MR) is 56.7 cm³/mol. The van der Waals surface area contributed by atoms with E-state index in [1.54, 1.807) is 0 Å². The molecule has 0 saturated carbocycles. The Kier molecular flexibility index (Phi) is 3.82. The molecule has 0 bridgehead atoms. The molecule has 0 aromatic heterocycles. The first-order chi connectivity index (χ1) is 7.31. The lowest BCUT2D eigenvalue weighted by atomic mass is 10.1. The summed E-state index contributed by atoms with van der Waals surface area (Å²) in [5.41, 5.74) is -0.286. The Morgan fingerprint density at radius 1 is 1.44 bits per heavy atom. The molecule has 0 fully saturated rings. The summed E-state index contributed by atoms with van der Waals surface area (Å²) in [5, 5.41) is 10.7. The fraction of sp³-hybridized carbons (Fsp3) is 0.250. The molecule has 0 amide bonds. The predicted octanol–water partition coefficient (Wildman–Crippen LogP) is 2.09. The van der Waals surface area contributed by atoms with Crippen LogP contribution in [-0.4, -0.2) is 19.1 Å². The largest absolute Gasteiger partial charge is 0.302 e. The number of halogens is 2. The van der Waals surface area contributed by atoms with Crippen LogP contribution in [0.4, 0.5) is 9.57 Å². The van der Waals surface area contributed by atoms with E-state index >= 15 is 0 Å². The highest BCUT2D eigenvalue weighted by Crippen LogP contribution is 2.26. The van der Waals surface area contributed by atoms with Crippen molar-refractivity contribution in [3.05, 3.63) is 38.9 Å². The highest BCUT2D eigenvalue weighted by atomic mass is 35.5. The third-order valence-electron chi connectivity index (χ3n) is 1.89. The molecular formula is C8H7ClFNO4S. The van der Waals surface area contributed by atoms with Gasteiger partial charge >= 0.3 is 10.2 Å². The van der Waals surface area contributed by atoms with Crippen LogP contribution < -0.4 is 0 Å². The average molecular weight is 268 g/mol. The Morgan fingerprint density at radius 2 is 2.06 bits per heavy atom. The van der Waals surface area contributed by atoms with Crippen LogP contribution in [0.1, 0.15) is 5.56 Å². The molecule has 0 aliphatic rings. The highest BCUT2D eigenvalue weighted by molar-refractivity contribution is 7.86. The molecule has 0 spiro atoms. The maximum absolute atomic E-state index is 12.3. The summed E-state index contributed by atoms with van der Waals surface area (Å²) in [6.45, 7) is 0. The summed E-state index contributed by atoms with van der Waals surface area (Å²) < 4.78 is 32.9. The molecule has 8 heteroatoms. The third kappa shape index (κ3) is 3.42. The van der Waals surface area contributed by atoms with Gasteiger partial charge in [0.15, 0.2) is 0 Å². The number of hydrogen-bond acceptors (Lipinski definition) is 4. The topological polar surface area (TPSA) is 77.3 Å². The second-order valence-electron chi connectivity index (χ2n) is 2.99. The standard InChI is InChI=1S/C8H7ClFNO4S/c9-7-2-1-3-8(11(12)13)6(7)4-5-16(10,14)15/h1-3H,4-5H2. The van der Waals surface area contributed by atoms with E-state index in [-0.39, 0.29) is 22.7 Å². The van der Waals surface area contributed by atoms with Crippen LogP contribution in [0, 0.1) is 10.1 Å². The molecule has 0 aliphatic carbocycles. The van der Waals surface area contributed by atoms with Gasteiger partial charge in [0.2, 0.25) is 0 Å². The molecule has 16 heavy (non-hydrogen) atoms. The minimum Gasteiger partial charge on any atom is -0.258 e. The lowest BCUT2D eigenvalue weighted by Crippen LogP contribution is -2.05. The van der Waals surface area contributed by atoms with Crippen LogP contribution in [0.5, 0.6) is 0 Å². The van der Waals surface area contributed by atoms with Crippen molar-refractivity contribution in [1.82, 2.24) is 0 Å². The number of hydrogen-bond donors (Lipinski definition) is 0. The summed E-state index contributed by atoms with van der Waals surface area (Å²) in [4.78, 5) is 9.91. The molecule has 0 radical (unpaired) electrons. The van der Waals surface area contributed by atoms with Gasteiger partial charge in [-0.1, -0.05) is 17.7 Å². The van der Waals surface area contributed by atoms with E-state index in [9.17, 15) is 22.4 Å². The third-order valence-corrected chi connectivity index (χ3v) is 2.93. The number of nitro groups is 1. The van der Waals surface area contributed by atoms with Gasteiger partial charge in [-0.15, -0.1) is 3.89 Å². The van der Waals surface area contributed by atoms with Crippen LogP contribution in [-0.2, 0) is 16.6 Å². The maximum Gasteiger partial charge on any atom is 0.302 e. The SMILES string of the molecule is O=[N+]([O-])c1cccc(Cl)c1CCS(=O)(=O)F. The molecule has 0 heterocycles. The van der Waals surface area contributed by atoms with Crippen molar-refractivity contribution in [2.24, 2.45) is 0 Å². The molecule has 0 aliphatic heterocycles. The van der Waals surface area contributed by atoms with E-state index in [0.29, 0.717) is 0 Å². The molecule has 1 rings (SSSR count). The van der Waals surface area contributed by atoms with Gasteiger partial charge in [0.1, 0.15) is 0 Å². The van der Waals surface area contributed by atoms with Crippen molar-refractivity contribution < 1.29 is 17.2 Å². The van der Waals surface area contributed by atoms with Gasteiger partial charge in [-0.05, 0) is 12.5 Å². The van der Waals surface area contributed by atoms with E-state index in [1.807, 2.05) is 0 Å². The van der Waals surface area contributed by atoms with Crippen molar-refractivity contribution in [1.29, 1.82) is 0 Å². The van der Waals surface area contributed by atoms with E-state index in [2.05, 4.69) is 0 Å². The highest BCUT2D eigenvalue weighted by Gasteiger charge is 2.19. The summed E-state index contributed by atoms with van der Waals surface area (Å²) in [7, 11) is -4.66. The summed E-state index contributed by atoms with van der Waals surface area (Å²) in [6, 6.07) is 3.94. The molecule has 0 unspecified atom stereocenters. The van der Waals surface area contributed by atoms with Gasteiger partial charge in [0.25, 0.3) is 5.69 Å². The molecule has 1 aromatic carbocycles. The van der Waals surface area contributed by atoms with Crippen molar-refractivity contribution in [3.63, 3.8) is 0 Å². The number of nitrogens with zero attached hydrogens (tertiary/aromatic N) is 1. The summed E-state index contributed by atoms with van der Waals surface area (Å²) >= 11 is 5.68. The first-order valence-corrected chi connectivity index (χ1v) is 6.08. The van der Waals surface area contributed by atoms with Crippen LogP contribution in [0.2, 0.25) is 5.02 Å². The molecule has 1 aromatic rings. The Bertz CT molecular complexity index is 517. The van der Waals surface area contributed by atoms with Crippen LogP contribution in [0.3, 0.4) is 0 Å². The van der Waals surface area contributed by atoms with E-state index in [1.165, 1.54) is 18.2 Å². The van der Waals surface area contributed by atoms with Crippen LogP contribution >= 0.6 is 11.6 Å². The first kappa shape index (κ1) is 12.9. The average Bonchev–Trinajstić information content (AvgIpc) is 2.13. The van der Waals surface area contributed by atoms with Gasteiger partial charge in [0, 0.05) is 11.6 Å². The van der Waals surface area contributed by atoms with Crippen LogP contribution in [0.15, 0.2) is 18.2 Å². The van der Waals surface area contributed by atoms with Crippen molar-refractivity contribution >= 4 is 27.5 Å². The Balaban J connectivity index is 3.07. The lowest BCUT2D eigenvalue weighted by molar-refractivity contribution is -0.385. The zero-order valence-electron chi connectivity index (χ0n) is 7.89. The normalized spacial score (nSPS) is 11.4.